The summed E-state index contributed by atoms with van der Waals surface area (Å²) >= 11 is 7.80. The number of hydrogen-bond donors (Lipinski definition) is 8. The van der Waals surface area contributed by atoms with Gasteiger partial charge < -0.3 is 66.4 Å². The number of carbonyl (C=O) groups is 5. The molecule has 2 saturated heterocycles. The van der Waals surface area contributed by atoms with Crippen LogP contribution in [0, 0.1) is 5.82 Å². The smallest absolute Gasteiger partial charge is 0.315 e. The van der Waals surface area contributed by atoms with E-state index in [2.05, 4.69) is 57.4 Å². The fourth-order valence-electron chi connectivity index (χ4n) is 7.88. The lowest BCUT2D eigenvalue weighted by Gasteiger charge is -2.16. The van der Waals surface area contributed by atoms with Crippen molar-refractivity contribution in [3.8, 4) is 5.75 Å². The first-order chi connectivity index (χ1) is 35.9. The average molecular weight is 1070 g/mol. The Kier molecular flexibility index (Phi) is 27.1. The molecule has 2 aromatic carbocycles. The summed E-state index contributed by atoms with van der Waals surface area (Å²) in [5, 5.41) is 24.2. The van der Waals surface area contributed by atoms with Crippen LogP contribution in [0.15, 0.2) is 60.9 Å². The van der Waals surface area contributed by atoms with E-state index in [0.717, 1.165) is 50.8 Å². The van der Waals surface area contributed by atoms with Gasteiger partial charge in [-0.1, -0.05) is 24.1 Å². The van der Waals surface area contributed by atoms with E-state index in [0.29, 0.717) is 125 Å². The first-order valence-electron chi connectivity index (χ1n) is 25.3. The molecule has 1 aromatic heterocycles. The average Bonchev–Trinajstić information content (AvgIpc) is 3.94. The maximum atomic E-state index is 13.6. The van der Waals surface area contributed by atoms with Gasteiger partial charge in [0.1, 0.15) is 29.5 Å². The topological polar surface area (TPSA) is 248 Å². The molecule has 2 fully saturated rings. The van der Waals surface area contributed by atoms with Gasteiger partial charge in [0.2, 0.25) is 23.6 Å². The number of aromatic nitrogens is 2. The molecule has 6 amide bonds. The van der Waals surface area contributed by atoms with Gasteiger partial charge in [-0.2, -0.15) is 11.8 Å². The summed E-state index contributed by atoms with van der Waals surface area (Å²) in [6, 6.07) is 11.5. The molecule has 408 valence electrons. The van der Waals surface area contributed by atoms with Crippen molar-refractivity contribution in [3.63, 3.8) is 0 Å². The highest BCUT2D eigenvalue weighted by molar-refractivity contribution is 8.00. The first-order valence-corrected chi connectivity index (χ1v) is 26.8. The molecule has 20 nitrogen and oxygen atoms in total. The monoisotopic (exact) mass is 1070 g/mol. The number of nitrogens with zero attached hydrogens (tertiary/aromatic N) is 3. The second-order valence-electron chi connectivity index (χ2n) is 17.8. The lowest BCUT2D eigenvalue weighted by atomic mass is 10.0. The van der Waals surface area contributed by atoms with Gasteiger partial charge >= 0.3 is 6.03 Å². The van der Waals surface area contributed by atoms with Gasteiger partial charge in [0.25, 0.3) is 0 Å². The number of nitrogens with one attached hydrogen (secondary N) is 8. The van der Waals surface area contributed by atoms with Crippen molar-refractivity contribution in [3.05, 3.63) is 71.8 Å². The van der Waals surface area contributed by atoms with Crippen LogP contribution in [-0.2, 0) is 33.4 Å². The molecule has 0 radical (unpaired) electrons. The van der Waals surface area contributed by atoms with Crippen LogP contribution in [0.1, 0.15) is 72.1 Å². The first kappa shape index (κ1) is 59.1. The molecular weight excluding hydrogens is 997 g/mol. The maximum absolute atomic E-state index is 13.6. The Labute approximate surface area is 444 Å². The number of thioether (sulfide) groups is 1. The molecule has 0 bridgehead atoms. The van der Waals surface area contributed by atoms with Crippen LogP contribution in [0.3, 0.4) is 0 Å². The molecule has 3 unspecified atom stereocenters. The number of halogens is 2. The molecule has 3 aromatic rings. The fourth-order valence-corrected chi connectivity index (χ4v) is 9.61. The molecule has 0 aliphatic carbocycles. The summed E-state index contributed by atoms with van der Waals surface area (Å²) in [5.41, 5.74) is 1.65. The van der Waals surface area contributed by atoms with E-state index in [9.17, 15) is 28.4 Å². The van der Waals surface area contributed by atoms with Crippen molar-refractivity contribution in [1.29, 1.82) is 0 Å². The zero-order valence-electron chi connectivity index (χ0n) is 42.4. The van der Waals surface area contributed by atoms with E-state index in [1.54, 1.807) is 36.4 Å². The van der Waals surface area contributed by atoms with Gasteiger partial charge in [-0.3, -0.25) is 19.2 Å². The Morgan fingerprint density at radius 3 is 2.09 bits per heavy atom. The number of methoxy groups -OCH3 is 1. The highest BCUT2D eigenvalue weighted by Gasteiger charge is 2.42. The van der Waals surface area contributed by atoms with E-state index in [1.807, 2.05) is 18.8 Å². The van der Waals surface area contributed by atoms with Crippen molar-refractivity contribution < 1.29 is 48.7 Å². The quantitative estimate of drug-likeness (QED) is 0.0180. The highest BCUT2D eigenvalue weighted by atomic mass is 35.5. The lowest BCUT2D eigenvalue weighted by molar-refractivity contribution is -0.123. The van der Waals surface area contributed by atoms with E-state index in [1.165, 1.54) is 31.6 Å². The maximum Gasteiger partial charge on any atom is 0.315 e. The number of anilines is 5. The molecule has 74 heavy (non-hydrogen) atoms. The van der Waals surface area contributed by atoms with Crippen LogP contribution in [0.4, 0.5) is 37.9 Å². The van der Waals surface area contributed by atoms with Crippen LogP contribution in [0.25, 0.3) is 0 Å². The van der Waals surface area contributed by atoms with E-state index in [-0.39, 0.29) is 61.0 Å². The van der Waals surface area contributed by atoms with Crippen LogP contribution in [0.5, 0.6) is 5.75 Å². The minimum Gasteiger partial charge on any atom is -0.495 e. The summed E-state index contributed by atoms with van der Waals surface area (Å²) in [6.07, 6.45) is 12.0. The number of fused-ring (bicyclic) bond motifs is 1. The zero-order valence-corrected chi connectivity index (χ0v) is 44.0. The number of amides is 6. The summed E-state index contributed by atoms with van der Waals surface area (Å²) in [7, 11) is 3.49. The number of unbranched alkanes of at least 4 members (excludes halogenated alkanes) is 2. The number of hydrogen-bond acceptors (Lipinski definition) is 15. The third kappa shape index (κ3) is 23.2. The van der Waals surface area contributed by atoms with Crippen molar-refractivity contribution in [2.75, 3.05) is 108 Å². The number of urea groups is 1. The number of ether oxygens (including phenoxy) is 4. The molecule has 2 aliphatic heterocycles. The molecule has 23 heteroatoms. The SMILES string of the molecule is COc1ccc(NC(=O)/C=C/CN(C)CCCCNC(=O)CCCC(=O)NCCCOCCOCCOCCCNC(=O)CCCCC2SCC3NC(=O)NC32)cc1Nc1cc(Nc2ccc(F)c(Cl)c2)ncn1.[HH]. The summed E-state index contributed by atoms with van der Waals surface area (Å²) in [5.74, 6) is 1.43. The van der Waals surface area contributed by atoms with Gasteiger partial charge in [-0.25, -0.2) is 19.2 Å². The van der Waals surface area contributed by atoms with Crippen LogP contribution in [0.2, 0.25) is 5.02 Å². The second kappa shape index (κ2) is 33.9. The molecule has 0 spiro atoms. The number of likely N-dealkylation sites (N-methyl/N-ethyl adjacent to an activating group) is 1. The molecule has 3 heterocycles. The van der Waals surface area contributed by atoms with E-state index in [4.69, 9.17) is 30.5 Å². The number of rotatable bonds is 37. The normalized spacial score (nSPS) is 15.9. The third-order valence-electron chi connectivity index (χ3n) is 11.8. The molecule has 3 atom stereocenters. The summed E-state index contributed by atoms with van der Waals surface area (Å²) in [6.45, 7) is 5.80. The van der Waals surface area contributed by atoms with Crippen LogP contribution in [-0.4, -0.2) is 154 Å². The Bertz CT molecular complexity index is 2280. The zero-order chi connectivity index (χ0) is 52.8. The van der Waals surface area contributed by atoms with E-state index >= 15 is 0 Å². The van der Waals surface area contributed by atoms with Gasteiger partial charge in [0.15, 0.2) is 0 Å². The minimum atomic E-state index is -0.522. The predicted octanol–water partition coefficient (Wildman–Crippen LogP) is 6.29. The van der Waals surface area contributed by atoms with Crippen molar-refractivity contribution >= 4 is 81.7 Å². The Morgan fingerprint density at radius 2 is 1.42 bits per heavy atom. The summed E-state index contributed by atoms with van der Waals surface area (Å²) in [4.78, 5) is 71.5. The van der Waals surface area contributed by atoms with Gasteiger partial charge in [-0.15, -0.1) is 0 Å². The van der Waals surface area contributed by atoms with Crippen LogP contribution >= 0.6 is 23.4 Å². The van der Waals surface area contributed by atoms with Crippen molar-refractivity contribution in [2.45, 2.75) is 88.0 Å². The largest absolute Gasteiger partial charge is 0.495 e. The second-order valence-corrected chi connectivity index (χ2v) is 19.4. The van der Waals surface area contributed by atoms with Crippen LogP contribution < -0.4 is 47.3 Å². The molecule has 2 aliphatic rings. The Morgan fingerprint density at radius 1 is 0.784 bits per heavy atom. The molecule has 5 rings (SSSR count). The van der Waals surface area contributed by atoms with E-state index < -0.39 is 5.82 Å². The van der Waals surface area contributed by atoms with Gasteiger partial charge in [0, 0.05) is 94.6 Å². The molecular formula is C51H75ClFN11O9S. The highest BCUT2D eigenvalue weighted by Crippen LogP contribution is 2.34. The fraction of sp³-hybridized carbons (Fsp3) is 0.549. The Hall–Kier alpha value is -5.78. The Balaban J connectivity index is 0.0000122. The number of benzene rings is 2. The number of carbonyl (C=O) groups excluding carboxylic acids is 5. The summed E-state index contributed by atoms with van der Waals surface area (Å²) < 4.78 is 35.8. The van der Waals surface area contributed by atoms with Gasteiger partial charge in [0.05, 0.1) is 56.3 Å². The lowest BCUT2D eigenvalue weighted by Crippen LogP contribution is -2.36. The third-order valence-corrected chi connectivity index (χ3v) is 13.6. The van der Waals surface area contributed by atoms with Gasteiger partial charge in [-0.05, 0) is 94.9 Å². The molecule has 8 N–H and O–H groups in total. The standard InChI is InChI=1S/C51H73ClFN11O9S.H2/c1-64(24-8-15-49(68)60-37-17-19-42(70-2)40(32-37)61-45-33-44(57-35-58-45)59-36-16-18-39(53)38(52)31-36)23-6-5-20-54-47(66)13-7-14-48(67)56-22-10-26-72-28-30-73-29-27-71-25-9-21-55-46(65)12-4-3-11-43-50-41(34-74-43)62-51(69)63-50;/h8,15-19,31-33,35,41,43,50H,3-7,9-14,20-30,34H2,1-2H3,(H,54,66)(H,55,65)(H,56,67)(H,60,68)(H2,62,63,69)(H2,57,58,59,61);1H/b15-8+;. The molecule has 0 saturated carbocycles. The minimum absolute atomic E-state index is 0. The van der Waals surface area contributed by atoms with Crippen molar-refractivity contribution in [2.24, 2.45) is 0 Å². The predicted molar refractivity (Wildman–Crippen MR) is 288 cm³/mol. The van der Waals surface area contributed by atoms with Crippen molar-refractivity contribution in [1.82, 2.24) is 41.5 Å².